The zero-order valence-corrected chi connectivity index (χ0v) is 14.1. The van der Waals surface area contributed by atoms with Crippen molar-refractivity contribution in [3.63, 3.8) is 0 Å². The molecule has 122 valence electrons. The molecule has 2 heterocycles. The van der Waals surface area contributed by atoms with Crippen LogP contribution in [0.2, 0.25) is 0 Å². The Bertz CT molecular complexity index is 802. The van der Waals surface area contributed by atoms with Crippen LogP contribution in [0.5, 0.6) is 5.75 Å². The number of aryl methyl sites for hydroxylation is 1. The lowest BCUT2D eigenvalue weighted by molar-refractivity contribution is 0.0845. The first-order chi connectivity index (χ1) is 10.9. The molecule has 2 aromatic rings. The Balaban J connectivity index is 1.78. The summed E-state index contributed by atoms with van der Waals surface area (Å²) in [6.45, 7) is 4.29. The molecule has 23 heavy (non-hydrogen) atoms. The minimum atomic E-state index is -3.55. The van der Waals surface area contributed by atoms with Crippen molar-refractivity contribution in [2.24, 2.45) is 0 Å². The van der Waals surface area contributed by atoms with Gasteiger partial charge in [-0.1, -0.05) is 6.07 Å². The highest BCUT2D eigenvalue weighted by Gasteiger charge is 2.27. The van der Waals surface area contributed by atoms with Crippen molar-refractivity contribution in [3.8, 4) is 5.75 Å². The average molecular weight is 332 g/mol. The molecule has 0 atom stereocenters. The largest absolute Gasteiger partial charge is 0.488 e. The van der Waals surface area contributed by atoms with Gasteiger partial charge in [0, 0.05) is 18.9 Å². The van der Waals surface area contributed by atoms with Crippen LogP contribution in [-0.4, -0.2) is 19.0 Å². The van der Waals surface area contributed by atoms with E-state index in [1.54, 1.807) is 36.7 Å². The number of sulfonamides is 1. The third-order valence-corrected chi connectivity index (χ3v) is 5.31. The first kappa shape index (κ1) is 16.0. The maximum absolute atomic E-state index is 12.4. The first-order valence-electron chi connectivity index (χ1n) is 7.56. The fourth-order valence-corrected chi connectivity index (χ4v) is 3.63. The van der Waals surface area contributed by atoms with Crippen LogP contribution in [0.15, 0.2) is 47.6 Å². The minimum Gasteiger partial charge on any atom is -0.488 e. The third kappa shape index (κ3) is 3.71. The van der Waals surface area contributed by atoms with Gasteiger partial charge in [0.1, 0.15) is 11.4 Å². The van der Waals surface area contributed by atoms with Gasteiger partial charge in [-0.3, -0.25) is 4.98 Å². The highest BCUT2D eigenvalue weighted by molar-refractivity contribution is 7.89. The van der Waals surface area contributed by atoms with Gasteiger partial charge in [-0.25, -0.2) is 13.1 Å². The van der Waals surface area contributed by atoms with Crippen LogP contribution in [0, 0.1) is 0 Å². The number of hydrogen-bond donors (Lipinski definition) is 1. The van der Waals surface area contributed by atoms with E-state index in [1.165, 1.54) is 0 Å². The Kier molecular flexibility index (Phi) is 4.12. The fourth-order valence-electron chi connectivity index (χ4n) is 2.57. The molecule has 0 aliphatic carbocycles. The molecule has 0 saturated heterocycles. The van der Waals surface area contributed by atoms with Gasteiger partial charge in [0.05, 0.1) is 4.90 Å². The van der Waals surface area contributed by atoms with E-state index in [0.717, 1.165) is 29.7 Å². The van der Waals surface area contributed by atoms with Crippen LogP contribution in [-0.2, 0) is 23.0 Å². The summed E-state index contributed by atoms with van der Waals surface area (Å²) in [5.74, 6) is 0.771. The Morgan fingerprint density at radius 3 is 2.87 bits per heavy atom. The summed E-state index contributed by atoms with van der Waals surface area (Å²) in [5, 5.41) is 0. The molecular formula is C17H20N2O3S. The number of nitrogens with zero attached hydrogens (tertiary/aromatic N) is 1. The second-order valence-electron chi connectivity index (χ2n) is 6.32. The van der Waals surface area contributed by atoms with Crippen molar-refractivity contribution in [1.82, 2.24) is 9.71 Å². The van der Waals surface area contributed by atoms with E-state index in [2.05, 4.69) is 9.71 Å². The number of fused-ring (bicyclic) bond motifs is 1. The zero-order chi connectivity index (χ0) is 16.5. The highest BCUT2D eigenvalue weighted by atomic mass is 32.2. The van der Waals surface area contributed by atoms with E-state index < -0.39 is 10.0 Å². The van der Waals surface area contributed by atoms with Crippen LogP contribution in [0.4, 0.5) is 0 Å². The van der Waals surface area contributed by atoms with E-state index in [4.69, 9.17) is 4.74 Å². The van der Waals surface area contributed by atoms with Crippen molar-refractivity contribution < 1.29 is 13.2 Å². The number of aromatic nitrogens is 1. The number of nitrogens with one attached hydrogen (secondary N) is 1. The number of hydrogen-bond acceptors (Lipinski definition) is 4. The highest BCUT2D eigenvalue weighted by Crippen LogP contribution is 2.34. The molecule has 0 saturated carbocycles. The minimum absolute atomic E-state index is 0.202. The second-order valence-corrected chi connectivity index (χ2v) is 8.08. The van der Waals surface area contributed by atoms with Crippen LogP contribution in [0.1, 0.15) is 31.4 Å². The summed E-state index contributed by atoms with van der Waals surface area (Å²) in [6, 6.07) is 8.65. The van der Waals surface area contributed by atoms with E-state index in [1.807, 2.05) is 19.9 Å². The normalized spacial score (nSPS) is 16.4. The molecule has 0 radical (unpaired) electrons. The van der Waals surface area contributed by atoms with Crippen molar-refractivity contribution in [2.75, 3.05) is 0 Å². The van der Waals surface area contributed by atoms with E-state index >= 15 is 0 Å². The molecule has 5 nitrogen and oxygen atoms in total. The van der Waals surface area contributed by atoms with Gasteiger partial charge in [-0.05, 0) is 62.1 Å². The van der Waals surface area contributed by atoms with Crippen LogP contribution in [0.25, 0.3) is 0 Å². The predicted octanol–water partition coefficient (Wildman–Crippen LogP) is 2.66. The van der Waals surface area contributed by atoms with Gasteiger partial charge in [-0.15, -0.1) is 0 Å². The van der Waals surface area contributed by atoms with E-state index in [-0.39, 0.29) is 17.0 Å². The maximum atomic E-state index is 12.4. The molecule has 1 aliphatic heterocycles. The van der Waals surface area contributed by atoms with Crippen LogP contribution >= 0.6 is 0 Å². The lowest BCUT2D eigenvalue weighted by atomic mass is 9.94. The lowest BCUT2D eigenvalue weighted by Crippen LogP contribution is -2.32. The summed E-state index contributed by atoms with van der Waals surface area (Å²) in [5.41, 5.74) is 1.55. The molecule has 6 heteroatoms. The van der Waals surface area contributed by atoms with Crippen molar-refractivity contribution in [2.45, 2.75) is 43.7 Å². The number of pyridine rings is 1. The summed E-state index contributed by atoms with van der Waals surface area (Å²) < 4.78 is 33.4. The summed E-state index contributed by atoms with van der Waals surface area (Å²) in [4.78, 5) is 4.25. The Morgan fingerprint density at radius 1 is 1.30 bits per heavy atom. The summed E-state index contributed by atoms with van der Waals surface area (Å²) in [7, 11) is -3.55. The molecule has 1 N–H and O–H groups in total. The van der Waals surface area contributed by atoms with Gasteiger partial charge >= 0.3 is 0 Å². The van der Waals surface area contributed by atoms with E-state index in [0.29, 0.717) is 0 Å². The fraction of sp³-hybridized carbons (Fsp3) is 0.353. The van der Waals surface area contributed by atoms with Crippen LogP contribution < -0.4 is 9.46 Å². The lowest BCUT2D eigenvalue weighted by Gasteiger charge is -2.32. The van der Waals surface area contributed by atoms with Crippen molar-refractivity contribution >= 4 is 10.0 Å². The Labute approximate surface area is 136 Å². The molecule has 0 amide bonds. The second kappa shape index (κ2) is 5.94. The van der Waals surface area contributed by atoms with Gasteiger partial charge in [0.15, 0.2) is 0 Å². The predicted molar refractivity (Wildman–Crippen MR) is 87.7 cm³/mol. The molecule has 1 aromatic carbocycles. The number of rotatable bonds is 4. The third-order valence-electron chi connectivity index (χ3n) is 3.91. The smallest absolute Gasteiger partial charge is 0.240 e. The molecule has 0 fully saturated rings. The molecule has 0 unspecified atom stereocenters. The molecule has 0 bridgehead atoms. The SMILES string of the molecule is CC1(C)CCc2cc(S(=O)(=O)NCc3cccnc3)ccc2O1. The van der Waals surface area contributed by atoms with E-state index in [9.17, 15) is 8.42 Å². The van der Waals surface area contributed by atoms with Gasteiger partial charge < -0.3 is 4.74 Å². The number of benzene rings is 1. The Hall–Kier alpha value is -1.92. The topological polar surface area (TPSA) is 68.3 Å². The first-order valence-corrected chi connectivity index (χ1v) is 9.05. The molecular weight excluding hydrogens is 312 g/mol. The van der Waals surface area contributed by atoms with Gasteiger partial charge in [0.2, 0.25) is 10.0 Å². The summed E-state index contributed by atoms with van der Waals surface area (Å²) >= 11 is 0. The van der Waals surface area contributed by atoms with Crippen LogP contribution in [0.3, 0.4) is 0 Å². The summed E-state index contributed by atoms with van der Waals surface area (Å²) in [6.07, 6.45) is 4.98. The van der Waals surface area contributed by atoms with Gasteiger partial charge in [0.25, 0.3) is 0 Å². The molecule has 1 aromatic heterocycles. The number of ether oxygens (including phenoxy) is 1. The molecule has 3 rings (SSSR count). The Morgan fingerprint density at radius 2 is 2.13 bits per heavy atom. The quantitative estimate of drug-likeness (QED) is 0.934. The van der Waals surface area contributed by atoms with Crippen molar-refractivity contribution in [3.05, 3.63) is 53.9 Å². The van der Waals surface area contributed by atoms with Crippen molar-refractivity contribution in [1.29, 1.82) is 0 Å². The average Bonchev–Trinajstić information content (AvgIpc) is 2.53. The standard InChI is InChI=1S/C17H20N2O3S/c1-17(2)8-7-14-10-15(5-6-16(14)22-17)23(20,21)19-12-13-4-3-9-18-11-13/h3-6,9-11,19H,7-8,12H2,1-2H3. The molecule has 0 spiro atoms. The molecule has 1 aliphatic rings. The van der Waals surface area contributed by atoms with Gasteiger partial charge in [-0.2, -0.15) is 0 Å². The zero-order valence-electron chi connectivity index (χ0n) is 13.2. The maximum Gasteiger partial charge on any atom is 0.240 e. The monoisotopic (exact) mass is 332 g/mol.